The zero-order valence-electron chi connectivity index (χ0n) is 20.0. The second kappa shape index (κ2) is 8.13. The van der Waals surface area contributed by atoms with E-state index in [9.17, 15) is 4.79 Å². The maximum absolute atomic E-state index is 13.3. The SMILES string of the molecule is CCOc1cc2ncnc(-c3cn(C)nc3-c3ccccc3)c2nc1NC(=O)[C@]12C[C@H]1CN(C)C2. The predicted molar refractivity (Wildman–Crippen MR) is 133 cm³/mol. The first kappa shape index (κ1) is 21.7. The Kier molecular flexibility index (Phi) is 5.03. The third kappa shape index (κ3) is 3.63. The molecule has 4 aromatic rings. The lowest BCUT2D eigenvalue weighted by Gasteiger charge is -2.17. The Morgan fingerprint density at radius 1 is 1.20 bits per heavy atom. The molecule has 0 spiro atoms. The molecular formula is C26H27N7O2. The minimum Gasteiger partial charge on any atom is -0.490 e. The Bertz CT molecular complexity index is 1430. The fourth-order valence-electron chi connectivity index (χ4n) is 5.31. The number of carbonyl (C=O) groups excluding carboxylic acids is 1. The average Bonchev–Trinajstić information content (AvgIpc) is 3.22. The molecule has 1 amide bonds. The number of nitrogens with one attached hydrogen (secondary N) is 1. The van der Waals surface area contributed by atoms with Gasteiger partial charge in [-0.25, -0.2) is 15.0 Å². The van der Waals surface area contributed by atoms with Crippen molar-refractivity contribution in [1.29, 1.82) is 0 Å². The molecule has 1 saturated carbocycles. The molecule has 1 N–H and O–H groups in total. The summed E-state index contributed by atoms with van der Waals surface area (Å²) in [7, 11) is 3.94. The van der Waals surface area contributed by atoms with Gasteiger partial charge in [-0.3, -0.25) is 9.48 Å². The molecule has 0 radical (unpaired) electrons. The van der Waals surface area contributed by atoms with E-state index < -0.39 is 0 Å². The van der Waals surface area contributed by atoms with E-state index in [2.05, 4.69) is 32.3 Å². The Hall–Kier alpha value is -3.85. The van der Waals surface area contributed by atoms with Gasteiger partial charge in [-0.2, -0.15) is 5.10 Å². The molecule has 1 aromatic carbocycles. The summed E-state index contributed by atoms with van der Waals surface area (Å²) < 4.78 is 7.62. The summed E-state index contributed by atoms with van der Waals surface area (Å²) in [4.78, 5) is 29.5. The number of aromatic nitrogens is 5. The van der Waals surface area contributed by atoms with Gasteiger partial charge in [0, 0.05) is 43.5 Å². The molecule has 1 aliphatic heterocycles. The molecule has 6 rings (SSSR count). The summed E-state index contributed by atoms with van der Waals surface area (Å²) in [6, 6.07) is 11.8. The van der Waals surface area contributed by atoms with Gasteiger partial charge in [0.05, 0.1) is 17.5 Å². The number of piperidine rings is 1. The van der Waals surface area contributed by atoms with Gasteiger partial charge in [-0.15, -0.1) is 0 Å². The fourth-order valence-corrected chi connectivity index (χ4v) is 5.31. The highest BCUT2D eigenvalue weighted by Gasteiger charge is 2.64. The normalized spacial score (nSPS) is 21.2. The van der Waals surface area contributed by atoms with Crippen molar-refractivity contribution in [2.75, 3.05) is 32.1 Å². The zero-order valence-corrected chi connectivity index (χ0v) is 20.0. The Labute approximate surface area is 203 Å². The van der Waals surface area contributed by atoms with Crippen LogP contribution in [-0.4, -0.2) is 62.3 Å². The number of aryl methyl sites for hydroxylation is 1. The van der Waals surface area contributed by atoms with Gasteiger partial charge in [0.15, 0.2) is 11.6 Å². The minimum atomic E-state index is -0.325. The Morgan fingerprint density at radius 2 is 2.03 bits per heavy atom. The minimum absolute atomic E-state index is 0.00408. The van der Waals surface area contributed by atoms with Gasteiger partial charge in [-0.05, 0) is 26.3 Å². The summed E-state index contributed by atoms with van der Waals surface area (Å²) in [5, 5.41) is 7.77. The van der Waals surface area contributed by atoms with Crippen LogP contribution in [0.5, 0.6) is 5.75 Å². The summed E-state index contributed by atoms with van der Waals surface area (Å²) in [5.41, 5.74) is 4.20. The number of hydrogen-bond acceptors (Lipinski definition) is 7. The van der Waals surface area contributed by atoms with Crippen LogP contribution in [0, 0.1) is 11.3 Å². The first-order valence-corrected chi connectivity index (χ1v) is 11.9. The molecule has 1 aliphatic carbocycles. The van der Waals surface area contributed by atoms with E-state index in [0.717, 1.165) is 36.3 Å². The lowest BCUT2D eigenvalue weighted by atomic mass is 10.0. The van der Waals surface area contributed by atoms with E-state index in [4.69, 9.17) is 9.72 Å². The maximum Gasteiger partial charge on any atom is 0.233 e. The van der Waals surface area contributed by atoms with E-state index in [1.54, 1.807) is 4.68 Å². The van der Waals surface area contributed by atoms with Gasteiger partial charge >= 0.3 is 0 Å². The molecule has 3 aromatic heterocycles. The molecule has 2 atom stereocenters. The number of rotatable bonds is 6. The summed E-state index contributed by atoms with van der Waals surface area (Å²) in [6.45, 7) is 4.08. The van der Waals surface area contributed by atoms with E-state index >= 15 is 0 Å². The van der Waals surface area contributed by atoms with Crippen molar-refractivity contribution in [3.8, 4) is 28.3 Å². The molecule has 0 bridgehead atoms. The number of pyridine rings is 1. The summed E-state index contributed by atoms with van der Waals surface area (Å²) in [6.07, 6.45) is 4.38. The van der Waals surface area contributed by atoms with Gasteiger partial charge in [0.1, 0.15) is 23.2 Å². The summed E-state index contributed by atoms with van der Waals surface area (Å²) in [5.74, 6) is 1.32. The van der Waals surface area contributed by atoms with Crippen LogP contribution >= 0.6 is 0 Å². The number of hydrogen-bond donors (Lipinski definition) is 1. The molecule has 178 valence electrons. The van der Waals surface area contributed by atoms with E-state index in [-0.39, 0.29) is 11.3 Å². The standard InChI is InChI=1S/C26H27N7O2/c1-4-35-20-10-19-23(29-24(20)30-25(34)26-11-17(26)12-32(2)14-26)22(28-15-27-19)18-13-33(3)31-21(18)16-8-6-5-7-9-16/h5-10,13,15,17H,4,11-12,14H2,1-3H3,(H,29,30,34)/t17-,26-/m0/s1. The van der Waals surface area contributed by atoms with Crippen LogP contribution in [-0.2, 0) is 11.8 Å². The third-order valence-corrected chi connectivity index (χ3v) is 7.01. The largest absolute Gasteiger partial charge is 0.490 e. The van der Waals surface area contributed by atoms with Crippen molar-refractivity contribution in [3.05, 3.63) is 48.9 Å². The van der Waals surface area contributed by atoms with Crippen molar-refractivity contribution >= 4 is 22.8 Å². The smallest absolute Gasteiger partial charge is 0.233 e. The molecule has 0 unspecified atom stereocenters. The number of fused-ring (bicyclic) bond motifs is 2. The van der Waals surface area contributed by atoms with Gasteiger partial charge < -0.3 is 15.0 Å². The monoisotopic (exact) mass is 469 g/mol. The van der Waals surface area contributed by atoms with Crippen LogP contribution < -0.4 is 10.1 Å². The van der Waals surface area contributed by atoms with E-state index in [1.807, 2.05) is 56.6 Å². The second-order valence-electron chi connectivity index (χ2n) is 9.50. The van der Waals surface area contributed by atoms with Crippen LogP contribution in [0.3, 0.4) is 0 Å². The molecule has 9 nitrogen and oxygen atoms in total. The Morgan fingerprint density at radius 3 is 2.77 bits per heavy atom. The number of likely N-dealkylation sites (tertiary alicyclic amines) is 1. The lowest BCUT2D eigenvalue weighted by Crippen LogP contribution is -2.31. The predicted octanol–water partition coefficient (Wildman–Crippen LogP) is 3.38. The molecule has 2 aliphatic rings. The fraction of sp³-hybridized carbons (Fsp3) is 0.346. The molecule has 1 saturated heterocycles. The number of amides is 1. The van der Waals surface area contributed by atoms with Crippen molar-refractivity contribution in [2.24, 2.45) is 18.4 Å². The number of benzene rings is 1. The number of carbonyl (C=O) groups is 1. The van der Waals surface area contributed by atoms with Gasteiger partial charge in [-0.1, -0.05) is 30.3 Å². The molecule has 35 heavy (non-hydrogen) atoms. The van der Waals surface area contributed by atoms with Crippen molar-refractivity contribution < 1.29 is 9.53 Å². The third-order valence-electron chi connectivity index (χ3n) is 7.01. The van der Waals surface area contributed by atoms with Crippen molar-refractivity contribution in [3.63, 3.8) is 0 Å². The number of ether oxygens (including phenoxy) is 1. The molecule has 2 fully saturated rings. The van der Waals surface area contributed by atoms with E-state index in [0.29, 0.717) is 40.8 Å². The van der Waals surface area contributed by atoms with Gasteiger partial charge in [0.25, 0.3) is 0 Å². The number of nitrogens with zero attached hydrogens (tertiary/aromatic N) is 6. The highest BCUT2D eigenvalue weighted by Crippen LogP contribution is 2.58. The average molecular weight is 470 g/mol. The number of anilines is 1. The maximum atomic E-state index is 13.3. The summed E-state index contributed by atoms with van der Waals surface area (Å²) >= 11 is 0. The second-order valence-corrected chi connectivity index (χ2v) is 9.50. The zero-order chi connectivity index (χ0) is 24.2. The van der Waals surface area contributed by atoms with Crippen LogP contribution in [0.1, 0.15) is 13.3 Å². The highest BCUT2D eigenvalue weighted by atomic mass is 16.5. The molecular weight excluding hydrogens is 442 g/mol. The Balaban J connectivity index is 1.46. The molecule has 4 heterocycles. The van der Waals surface area contributed by atoms with Crippen LogP contribution in [0.2, 0.25) is 0 Å². The first-order valence-electron chi connectivity index (χ1n) is 11.9. The lowest BCUT2D eigenvalue weighted by molar-refractivity contribution is -0.121. The van der Waals surface area contributed by atoms with Crippen molar-refractivity contribution in [2.45, 2.75) is 13.3 Å². The first-order chi connectivity index (χ1) is 17.0. The van der Waals surface area contributed by atoms with E-state index in [1.165, 1.54) is 6.33 Å². The quantitative estimate of drug-likeness (QED) is 0.462. The van der Waals surface area contributed by atoms with Crippen LogP contribution in [0.4, 0.5) is 5.82 Å². The van der Waals surface area contributed by atoms with Gasteiger partial charge in [0.2, 0.25) is 5.91 Å². The highest BCUT2D eigenvalue weighted by molar-refractivity contribution is 6.01. The molecule has 9 heteroatoms. The van der Waals surface area contributed by atoms with Crippen molar-refractivity contribution in [1.82, 2.24) is 29.6 Å². The van der Waals surface area contributed by atoms with Crippen LogP contribution in [0.15, 0.2) is 48.9 Å². The van der Waals surface area contributed by atoms with Crippen LogP contribution in [0.25, 0.3) is 33.5 Å². The topological polar surface area (TPSA) is 98.1 Å².